The van der Waals surface area contributed by atoms with Crippen molar-refractivity contribution in [2.75, 3.05) is 13.1 Å². The average Bonchev–Trinajstić information content (AvgIpc) is 3.38. The summed E-state index contributed by atoms with van der Waals surface area (Å²) in [6.07, 6.45) is 1.65. The van der Waals surface area contributed by atoms with E-state index < -0.39 is 60.2 Å². The summed E-state index contributed by atoms with van der Waals surface area (Å²) in [6, 6.07) is 1.45. The van der Waals surface area contributed by atoms with Crippen LogP contribution >= 0.6 is 0 Å². The minimum atomic E-state index is -1.58. The van der Waals surface area contributed by atoms with E-state index in [0.29, 0.717) is 37.9 Å². The van der Waals surface area contributed by atoms with Crippen LogP contribution in [0.15, 0.2) is 24.3 Å². The van der Waals surface area contributed by atoms with Gasteiger partial charge in [-0.05, 0) is 62.9 Å². The summed E-state index contributed by atoms with van der Waals surface area (Å²) in [5.41, 5.74) is 6.02. The zero-order valence-corrected chi connectivity index (χ0v) is 20.4. The van der Waals surface area contributed by atoms with Gasteiger partial charge in [0.25, 0.3) is 0 Å². The highest BCUT2D eigenvalue weighted by atomic mass is 16.4. The van der Waals surface area contributed by atoms with E-state index in [9.17, 15) is 39.3 Å². The van der Waals surface area contributed by atoms with Crippen LogP contribution in [0.25, 0.3) is 0 Å². The molecule has 37 heavy (non-hydrogen) atoms. The van der Waals surface area contributed by atoms with Crippen molar-refractivity contribution >= 4 is 29.7 Å². The molecule has 2 rings (SSSR count). The van der Waals surface area contributed by atoms with Gasteiger partial charge >= 0.3 is 11.9 Å². The number of hydrogen-bond donors (Lipinski definition) is 8. The van der Waals surface area contributed by atoms with Crippen molar-refractivity contribution in [2.45, 2.75) is 69.1 Å². The summed E-state index contributed by atoms with van der Waals surface area (Å²) in [6.45, 7) is 1.01. The maximum atomic E-state index is 13.2. The lowest BCUT2D eigenvalue weighted by Crippen LogP contribution is -2.58. The van der Waals surface area contributed by atoms with Gasteiger partial charge < -0.3 is 42.3 Å². The number of carboxylic acid groups (broad SMARTS) is 2. The van der Waals surface area contributed by atoms with E-state index in [1.165, 1.54) is 12.1 Å². The number of carbonyl (C=O) groups is 5. The van der Waals surface area contributed by atoms with Gasteiger partial charge in [0, 0.05) is 6.42 Å². The second-order valence-electron chi connectivity index (χ2n) is 8.92. The third-order valence-electron chi connectivity index (χ3n) is 5.96. The van der Waals surface area contributed by atoms with Gasteiger partial charge in [-0.3, -0.25) is 19.2 Å². The van der Waals surface area contributed by atoms with E-state index in [1.807, 2.05) is 0 Å². The minimum Gasteiger partial charge on any atom is -0.508 e. The van der Waals surface area contributed by atoms with Gasteiger partial charge in [0.05, 0.1) is 12.5 Å². The van der Waals surface area contributed by atoms with Crippen LogP contribution in [0.3, 0.4) is 0 Å². The van der Waals surface area contributed by atoms with Crippen molar-refractivity contribution < 1.29 is 39.3 Å². The van der Waals surface area contributed by atoms with Gasteiger partial charge in [0.15, 0.2) is 0 Å². The Morgan fingerprint density at radius 2 is 1.59 bits per heavy atom. The lowest BCUT2D eigenvalue weighted by Gasteiger charge is -2.25. The molecule has 0 radical (unpaired) electrons. The third kappa shape index (κ3) is 10.1. The lowest BCUT2D eigenvalue weighted by molar-refractivity contribution is -0.143. The molecule has 4 atom stereocenters. The van der Waals surface area contributed by atoms with E-state index in [0.717, 1.165) is 6.42 Å². The first kappa shape index (κ1) is 29.5. The molecule has 9 N–H and O–H groups in total. The zero-order chi connectivity index (χ0) is 27.4. The minimum absolute atomic E-state index is 0.00280. The normalized spacial score (nSPS) is 17.3. The molecular weight excluding hydrogens is 486 g/mol. The Hall–Kier alpha value is -3.71. The van der Waals surface area contributed by atoms with Crippen molar-refractivity contribution in [3.05, 3.63) is 29.8 Å². The highest BCUT2D eigenvalue weighted by molar-refractivity contribution is 5.95. The first-order valence-electron chi connectivity index (χ1n) is 12.2. The first-order valence-corrected chi connectivity index (χ1v) is 12.2. The summed E-state index contributed by atoms with van der Waals surface area (Å²) in [5.74, 6) is -4.86. The summed E-state index contributed by atoms with van der Waals surface area (Å²) in [5, 5.41) is 38.6. The van der Waals surface area contributed by atoms with Gasteiger partial charge in [0.1, 0.15) is 23.9 Å². The van der Waals surface area contributed by atoms with Gasteiger partial charge in [0.2, 0.25) is 17.7 Å². The van der Waals surface area contributed by atoms with Gasteiger partial charge in [-0.2, -0.15) is 0 Å². The molecule has 3 amide bonds. The van der Waals surface area contributed by atoms with E-state index in [4.69, 9.17) is 5.73 Å². The van der Waals surface area contributed by atoms with Crippen molar-refractivity contribution in [3.63, 3.8) is 0 Å². The van der Waals surface area contributed by atoms with Crippen LogP contribution in [-0.4, -0.2) is 82.2 Å². The maximum Gasteiger partial charge on any atom is 0.326 e. The van der Waals surface area contributed by atoms with Crippen LogP contribution in [-0.2, 0) is 30.4 Å². The Kier molecular flexibility index (Phi) is 11.8. The Morgan fingerprint density at radius 1 is 0.946 bits per heavy atom. The molecule has 13 heteroatoms. The largest absolute Gasteiger partial charge is 0.508 e. The molecule has 0 spiro atoms. The van der Waals surface area contributed by atoms with Crippen LogP contribution in [0, 0.1) is 0 Å². The van der Waals surface area contributed by atoms with E-state index >= 15 is 0 Å². The Morgan fingerprint density at radius 3 is 2.16 bits per heavy atom. The quantitative estimate of drug-likeness (QED) is 0.129. The number of rotatable bonds is 15. The summed E-state index contributed by atoms with van der Waals surface area (Å²) in [7, 11) is 0. The number of amides is 3. The molecule has 0 saturated carbocycles. The van der Waals surface area contributed by atoms with Crippen LogP contribution in [0.1, 0.15) is 44.1 Å². The van der Waals surface area contributed by atoms with Crippen molar-refractivity contribution in [1.29, 1.82) is 0 Å². The molecule has 0 aliphatic carbocycles. The summed E-state index contributed by atoms with van der Waals surface area (Å²) < 4.78 is 0. The SMILES string of the molecule is NCCCCC(NC(=O)C(CC(=O)O)NC(=O)C(Cc1ccc(O)cc1)NC(=O)C1CCCN1)C(=O)O. The number of phenols is 1. The van der Waals surface area contributed by atoms with Crippen molar-refractivity contribution in [2.24, 2.45) is 5.73 Å². The number of carboxylic acids is 2. The fourth-order valence-electron chi connectivity index (χ4n) is 3.94. The van der Waals surface area contributed by atoms with Crippen LogP contribution in [0.2, 0.25) is 0 Å². The molecule has 4 unspecified atom stereocenters. The molecule has 204 valence electrons. The molecule has 1 heterocycles. The van der Waals surface area contributed by atoms with E-state index in [2.05, 4.69) is 21.3 Å². The van der Waals surface area contributed by atoms with Gasteiger partial charge in [-0.15, -0.1) is 0 Å². The highest BCUT2D eigenvalue weighted by Crippen LogP contribution is 2.13. The van der Waals surface area contributed by atoms with Gasteiger partial charge in [-0.1, -0.05) is 12.1 Å². The average molecular weight is 522 g/mol. The molecule has 1 aromatic rings. The molecule has 1 aliphatic heterocycles. The molecule has 0 bridgehead atoms. The number of phenolic OH excluding ortho intramolecular Hbond substituents is 1. The molecule has 0 aromatic heterocycles. The Bertz CT molecular complexity index is 949. The Balaban J connectivity index is 2.17. The number of carbonyl (C=O) groups excluding carboxylic acids is 3. The van der Waals surface area contributed by atoms with Crippen LogP contribution in [0.5, 0.6) is 5.75 Å². The molecule has 13 nitrogen and oxygen atoms in total. The number of unbranched alkanes of at least 4 members (excludes halogenated alkanes) is 1. The topological polar surface area (TPSA) is 220 Å². The number of benzene rings is 1. The predicted octanol–water partition coefficient (Wildman–Crippen LogP) is -1.17. The lowest BCUT2D eigenvalue weighted by atomic mass is 10.0. The monoisotopic (exact) mass is 521 g/mol. The maximum absolute atomic E-state index is 13.2. The first-order chi connectivity index (χ1) is 17.6. The van der Waals surface area contributed by atoms with Crippen LogP contribution in [0.4, 0.5) is 0 Å². The van der Waals surface area contributed by atoms with Crippen molar-refractivity contribution in [1.82, 2.24) is 21.3 Å². The highest BCUT2D eigenvalue weighted by Gasteiger charge is 2.32. The molecule has 1 aliphatic rings. The third-order valence-corrected chi connectivity index (χ3v) is 5.96. The van der Waals surface area contributed by atoms with E-state index in [-0.39, 0.29) is 18.6 Å². The molecule has 1 fully saturated rings. The fraction of sp³-hybridized carbons (Fsp3) is 0.542. The van der Waals surface area contributed by atoms with Crippen LogP contribution < -0.4 is 27.0 Å². The zero-order valence-electron chi connectivity index (χ0n) is 20.4. The smallest absolute Gasteiger partial charge is 0.326 e. The second kappa shape index (κ2) is 14.8. The van der Waals surface area contributed by atoms with Gasteiger partial charge in [-0.25, -0.2) is 4.79 Å². The summed E-state index contributed by atoms with van der Waals surface area (Å²) in [4.78, 5) is 61.7. The molecule has 1 saturated heterocycles. The Labute approximate surface area is 214 Å². The number of hydrogen-bond acceptors (Lipinski definition) is 8. The second-order valence-corrected chi connectivity index (χ2v) is 8.92. The number of aliphatic carboxylic acids is 2. The van der Waals surface area contributed by atoms with Crippen molar-refractivity contribution in [3.8, 4) is 5.75 Å². The number of nitrogens with two attached hydrogens (primary N) is 1. The number of aromatic hydroxyl groups is 1. The standard InChI is InChI=1S/C24H35N5O8/c25-10-2-1-4-17(24(36)37)27-23(35)19(13-20(31)32)29-22(34)18(12-14-6-8-15(30)9-7-14)28-21(33)16-5-3-11-26-16/h6-9,16-19,26,30H,1-5,10-13,25H2,(H,27,35)(H,28,33)(H,29,34)(H,31,32)(H,36,37). The van der Waals surface area contributed by atoms with E-state index in [1.54, 1.807) is 12.1 Å². The molecular formula is C24H35N5O8. The summed E-state index contributed by atoms with van der Waals surface area (Å²) >= 11 is 0. The molecule has 1 aromatic carbocycles. The predicted molar refractivity (Wildman–Crippen MR) is 131 cm³/mol. The fourth-order valence-corrected chi connectivity index (χ4v) is 3.94. The number of nitrogens with one attached hydrogen (secondary N) is 4.